The van der Waals surface area contributed by atoms with Gasteiger partial charge in [0.2, 0.25) is 0 Å². The molecule has 0 aliphatic carbocycles. The topological polar surface area (TPSA) is 67.5 Å². The molecule has 0 aromatic heterocycles. The Morgan fingerprint density at radius 3 is 2.24 bits per heavy atom. The molecule has 0 radical (unpaired) electrons. The zero-order valence-corrected chi connectivity index (χ0v) is 17.3. The van der Waals surface area contributed by atoms with Crippen LogP contribution in [0.5, 0.6) is 0 Å². The second-order valence-corrected chi connectivity index (χ2v) is 6.61. The fourth-order valence-electron chi connectivity index (χ4n) is 2.95. The van der Waals surface area contributed by atoms with E-state index in [9.17, 15) is 10.5 Å². The van der Waals surface area contributed by atoms with Gasteiger partial charge in [0.1, 0.15) is 11.8 Å². The molecule has 2 rings (SSSR count). The molecule has 144 valence electrons. The van der Waals surface area contributed by atoms with Crippen LogP contribution in [0.3, 0.4) is 0 Å². The smallest absolute Gasteiger partial charge is 0.272 e. The van der Waals surface area contributed by atoms with Crippen LogP contribution in [-0.4, -0.2) is 18.8 Å². The van der Waals surface area contributed by atoms with Gasteiger partial charge in [-0.15, -0.1) is 0 Å². The molecule has 0 saturated carbocycles. The number of rotatable bonds is 6. The van der Waals surface area contributed by atoms with Crippen molar-refractivity contribution < 1.29 is 0 Å². The van der Waals surface area contributed by atoms with Gasteiger partial charge >= 0.3 is 0 Å². The minimum atomic E-state index is -0.190. The number of allylic oxidation sites excluding steroid dienone is 2. The molecular formula is C23H20ClN5. The van der Waals surface area contributed by atoms with Crippen LogP contribution in [0, 0.1) is 36.2 Å². The van der Waals surface area contributed by atoms with Crippen molar-refractivity contribution in [3.63, 3.8) is 0 Å². The lowest BCUT2D eigenvalue weighted by Gasteiger charge is -2.21. The lowest BCUT2D eigenvalue weighted by molar-refractivity contribution is 0.865. The summed E-state index contributed by atoms with van der Waals surface area (Å²) >= 11 is 5.95. The van der Waals surface area contributed by atoms with E-state index in [0.717, 1.165) is 24.3 Å². The molecule has 5 nitrogen and oxygen atoms in total. The highest BCUT2D eigenvalue weighted by atomic mass is 35.5. The fourth-order valence-corrected chi connectivity index (χ4v) is 3.07. The van der Waals surface area contributed by atoms with E-state index in [1.165, 1.54) is 0 Å². The molecule has 0 aliphatic heterocycles. The number of nitriles is 2. The lowest BCUT2D eigenvalue weighted by atomic mass is 9.99. The minimum absolute atomic E-state index is 0.0126. The van der Waals surface area contributed by atoms with E-state index in [2.05, 4.69) is 34.7 Å². The largest absolute Gasteiger partial charge is 0.372 e. The third kappa shape index (κ3) is 5.02. The van der Waals surface area contributed by atoms with Crippen LogP contribution >= 0.6 is 11.6 Å². The summed E-state index contributed by atoms with van der Waals surface area (Å²) in [4.78, 5) is 10.0. The average Bonchev–Trinajstić information content (AvgIpc) is 2.73. The number of aryl methyl sites for hydroxylation is 1. The molecule has 0 aliphatic rings. The molecule has 0 saturated heterocycles. The summed E-state index contributed by atoms with van der Waals surface area (Å²) in [5.74, 6) is 0. The van der Waals surface area contributed by atoms with E-state index < -0.39 is 0 Å². The van der Waals surface area contributed by atoms with E-state index in [-0.39, 0.29) is 17.0 Å². The molecule has 2 aromatic carbocycles. The first kappa shape index (κ1) is 21.7. The molecule has 0 spiro atoms. The van der Waals surface area contributed by atoms with Crippen molar-refractivity contribution in [1.82, 2.24) is 0 Å². The Kier molecular flexibility index (Phi) is 7.55. The number of nitrogens with zero attached hydrogens (tertiary/aromatic N) is 5. The molecule has 2 aromatic rings. The minimum Gasteiger partial charge on any atom is -0.372 e. The number of hydrogen-bond acceptors (Lipinski definition) is 4. The summed E-state index contributed by atoms with van der Waals surface area (Å²) in [7, 11) is 0. The van der Waals surface area contributed by atoms with Gasteiger partial charge < -0.3 is 4.90 Å². The molecule has 0 unspecified atom stereocenters. The standard InChI is InChI=1S/C23H20ClN5/c1-5-29(6-2)19-11-12-20(16(3)13-19)28-22(15-26)23(21(14-25)27-4)17-7-9-18(24)10-8-17/h7-13H,5-6H2,1-3H3. The Labute approximate surface area is 176 Å². The van der Waals surface area contributed by atoms with Crippen molar-refractivity contribution in [1.29, 1.82) is 10.5 Å². The van der Waals surface area contributed by atoms with Crippen LogP contribution in [0.1, 0.15) is 25.0 Å². The predicted octanol–water partition coefficient (Wildman–Crippen LogP) is 5.94. The maximum atomic E-state index is 9.76. The van der Waals surface area contributed by atoms with Gasteiger partial charge in [0.15, 0.2) is 0 Å². The first-order valence-corrected chi connectivity index (χ1v) is 9.49. The third-order valence-corrected chi connectivity index (χ3v) is 4.72. The van der Waals surface area contributed by atoms with Gasteiger partial charge in [-0.05, 0) is 62.2 Å². The summed E-state index contributed by atoms with van der Waals surface area (Å²) in [6.07, 6.45) is 0. The molecule has 0 heterocycles. The lowest BCUT2D eigenvalue weighted by Crippen LogP contribution is -2.21. The quantitative estimate of drug-likeness (QED) is 0.341. The van der Waals surface area contributed by atoms with E-state index >= 15 is 0 Å². The van der Waals surface area contributed by atoms with Gasteiger partial charge in [-0.1, -0.05) is 23.7 Å². The highest BCUT2D eigenvalue weighted by Crippen LogP contribution is 2.29. The Morgan fingerprint density at radius 1 is 1.10 bits per heavy atom. The number of benzene rings is 2. The van der Waals surface area contributed by atoms with Gasteiger partial charge in [-0.3, -0.25) is 0 Å². The van der Waals surface area contributed by atoms with Crippen molar-refractivity contribution in [2.45, 2.75) is 20.8 Å². The van der Waals surface area contributed by atoms with Gasteiger partial charge in [0.25, 0.3) is 5.70 Å². The van der Waals surface area contributed by atoms with Gasteiger partial charge in [0.05, 0.1) is 18.3 Å². The number of aliphatic imine (C=N–C) groups is 1. The van der Waals surface area contributed by atoms with Crippen LogP contribution in [0.2, 0.25) is 5.02 Å². The Morgan fingerprint density at radius 2 is 1.76 bits per heavy atom. The molecule has 29 heavy (non-hydrogen) atoms. The van der Waals surface area contributed by atoms with Crippen LogP contribution in [0.15, 0.2) is 53.2 Å². The first-order valence-electron chi connectivity index (χ1n) is 9.11. The second kappa shape index (κ2) is 10.1. The van der Waals surface area contributed by atoms with E-state index in [1.54, 1.807) is 24.3 Å². The zero-order chi connectivity index (χ0) is 21.4. The molecule has 0 amide bonds. The Balaban J connectivity index is 2.63. The van der Waals surface area contributed by atoms with Crippen LogP contribution in [0.25, 0.3) is 10.4 Å². The van der Waals surface area contributed by atoms with Crippen molar-refractivity contribution in [3.8, 4) is 12.1 Å². The van der Waals surface area contributed by atoms with Crippen molar-refractivity contribution in [2.24, 2.45) is 4.99 Å². The fraction of sp³-hybridized carbons (Fsp3) is 0.217. The molecule has 6 heteroatoms. The zero-order valence-electron chi connectivity index (χ0n) is 16.6. The van der Waals surface area contributed by atoms with Crippen LogP contribution in [-0.2, 0) is 0 Å². The summed E-state index contributed by atoms with van der Waals surface area (Å²) in [6.45, 7) is 15.2. The van der Waals surface area contributed by atoms with E-state index in [0.29, 0.717) is 16.3 Å². The molecule has 0 N–H and O–H groups in total. The highest BCUT2D eigenvalue weighted by Gasteiger charge is 2.17. The normalized spacial score (nSPS) is 11.7. The number of anilines is 1. The van der Waals surface area contributed by atoms with E-state index in [1.807, 2.05) is 31.2 Å². The molecular weight excluding hydrogens is 382 g/mol. The van der Waals surface area contributed by atoms with Crippen molar-refractivity contribution >= 4 is 34.3 Å². The van der Waals surface area contributed by atoms with Crippen LogP contribution < -0.4 is 4.90 Å². The number of hydrogen-bond donors (Lipinski definition) is 0. The maximum absolute atomic E-state index is 9.76. The SMILES string of the molecule is [C-]#[N+]C(C#N)=C(C(C#N)=Nc1ccc(N(CC)CC)cc1C)c1ccc(Cl)cc1. The molecule has 0 atom stereocenters. The number of halogens is 1. The maximum Gasteiger partial charge on any atom is 0.272 e. The Bertz CT molecular complexity index is 1060. The average molecular weight is 402 g/mol. The Hall–Kier alpha value is -3.59. The predicted molar refractivity (Wildman–Crippen MR) is 118 cm³/mol. The summed E-state index contributed by atoms with van der Waals surface area (Å²) in [5, 5.41) is 19.7. The highest BCUT2D eigenvalue weighted by molar-refractivity contribution is 6.34. The molecule has 0 bridgehead atoms. The first-order chi connectivity index (χ1) is 14.0. The van der Waals surface area contributed by atoms with Gasteiger partial charge in [-0.25, -0.2) is 15.1 Å². The summed E-state index contributed by atoms with van der Waals surface area (Å²) in [6, 6.07) is 16.4. The summed E-state index contributed by atoms with van der Waals surface area (Å²) < 4.78 is 0. The van der Waals surface area contributed by atoms with Gasteiger partial charge in [0, 0.05) is 29.4 Å². The third-order valence-electron chi connectivity index (χ3n) is 4.47. The second-order valence-electron chi connectivity index (χ2n) is 6.17. The van der Waals surface area contributed by atoms with Gasteiger partial charge in [-0.2, -0.15) is 5.26 Å². The van der Waals surface area contributed by atoms with E-state index in [4.69, 9.17) is 18.2 Å². The monoisotopic (exact) mass is 401 g/mol. The molecule has 0 fully saturated rings. The van der Waals surface area contributed by atoms with Crippen molar-refractivity contribution in [3.05, 3.63) is 75.7 Å². The summed E-state index contributed by atoms with van der Waals surface area (Å²) in [5.41, 5.74) is 3.17. The van der Waals surface area contributed by atoms with Crippen LogP contribution in [0.4, 0.5) is 11.4 Å². The van der Waals surface area contributed by atoms with Crippen molar-refractivity contribution in [2.75, 3.05) is 18.0 Å².